The van der Waals surface area contributed by atoms with Crippen molar-refractivity contribution in [2.24, 2.45) is 0 Å². The molecule has 1 unspecified atom stereocenters. The quantitative estimate of drug-likeness (QED) is 0.520. The average molecular weight is 365 g/mol. The number of hydrogen-bond donors (Lipinski definition) is 2. The molecule has 2 heterocycles. The van der Waals surface area contributed by atoms with E-state index in [1.807, 2.05) is 31.3 Å². The molecule has 0 aliphatic heterocycles. The van der Waals surface area contributed by atoms with Crippen molar-refractivity contribution in [3.63, 3.8) is 0 Å². The summed E-state index contributed by atoms with van der Waals surface area (Å²) in [4.78, 5) is 15.4. The molecule has 7 heteroatoms. The Hall–Kier alpha value is -2.72. The largest absolute Gasteiger partial charge is 0.360 e. The summed E-state index contributed by atoms with van der Waals surface area (Å²) in [6, 6.07) is 8.55. The number of hydrogen-bond acceptors (Lipinski definition) is 4. The molecule has 0 saturated heterocycles. The third-order valence-electron chi connectivity index (χ3n) is 4.42. The van der Waals surface area contributed by atoms with Crippen LogP contribution < -0.4 is 5.32 Å². The first-order valence-electron chi connectivity index (χ1n) is 8.58. The molecule has 1 aliphatic carbocycles. The molecule has 1 saturated carbocycles. The Kier molecular flexibility index (Phi) is 4.43. The number of H-pyrrole nitrogens is 1. The van der Waals surface area contributed by atoms with Gasteiger partial charge < -0.3 is 10.3 Å². The van der Waals surface area contributed by atoms with E-state index in [-0.39, 0.29) is 17.7 Å². The zero-order chi connectivity index (χ0) is 18.1. The smallest absolute Gasteiger partial charge is 0.234 e. The fraction of sp³-hybridized carbons (Fsp3) is 0.316. The average Bonchev–Trinajstić information content (AvgIpc) is 3.27. The highest BCUT2D eigenvalue weighted by atomic mass is 32.2. The SMILES string of the molecule is C#CCNC(=O)C(C)Sc1nnc(-c2c[nH]c3ccccc23)n1C1CC1. The molecular weight excluding hydrogens is 346 g/mol. The van der Waals surface area contributed by atoms with Gasteiger partial charge in [0.2, 0.25) is 5.91 Å². The van der Waals surface area contributed by atoms with E-state index in [0.717, 1.165) is 40.3 Å². The number of nitrogens with zero attached hydrogens (tertiary/aromatic N) is 3. The molecule has 1 amide bonds. The molecule has 0 radical (unpaired) electrons. The molecule has 1 aliphatic rings. The Morgan fingerprint density at radius 2 is 2.27 bits per heavy atom. The van der Waals surface area contributed by atoms with Crippen molar-refractivity contribution < 1.29 is 4.79 Å². The Bertz CT molecular complexity index is 995. The molecule has 1 fully saturated rings. The van der Waals surface area contributed by atoms with Crippen LogP contribution in [0.2, 0.25) is 0 Å². The molecular formula is C19H19N5OS. The number of amides is 1. The molecule has 4 rings (SSSR count). The van der Waals surface area contributed by atoms with Crippen molar-refractivity contribution in [1.29, 1.82) is 0 Å². The first kappa shape index (κ1) is 16.7. The van der Waals surface area contributed by atoms with Gasteiger partial charge in [-0.05, 0) is 25.8 Å². The fourth-order valence-electron chi connectivity index (χ4n) is 2.95. The molecule has 26 heavy (non-hydrogen) atoms. The summed E-state index contributed by atoms with van der Waals surface area (Å²) in [5, 5.41) is 13.2. The van der Waals surface area contributed by atoms with Gasteiger partial charge in [-0.25, -0.2) is 0 Å². The number of terminal acetylenes is 1. The number of nitrogens with one attached hydrogen (secondary N) is 2. The predicted molar refractivity (Wildman–Crippen MR) is 103 cm³/mol. The van der Waals surface area contributed by atoms with Gasteiger partial charge in [0.15, 0.2) is 11.0 Å². The number of thioether (sulfide) groups is 1. The number of benzene rings is 1. The minimum Gasteiger partial charge on any atom is -0.360 e. The molecule has 2 aromatic heterocycles. The number of fused-ring (bicyclic) bond motifs is 1. The zero-order valence-electron chi connectivity index (χ0n) is 14.4. The number of aromatic nitrogens is 4. The fourth-order valence-corrected chi connectivity index (χ4v) is 3.90. The minimum absolute atomic E-state index is 0.0908. The summed E-state index contributed by atoms with van der Waals surface area (Å²) in [7, 11) is 0. The Morgan fingerprint density at radius 1 is 1.46 bits per heavy atom. The van der Waals surface area contributed by atoms with Gasteiger partial charge in [0, 0.05) is 28.7 Å². The predicted octanol–water partition coefficient (Wildman–Crippen LogP) is 2.99. The van der Waals surface area contributed by atoms with Crippen LogP contribution in [-0.2, 0) is 4.79 Å². The third kappa shape index (κ3) is 3.08. The van der Waals surface area contributed by atoms with Crippen LogP contribution in [0.3, 0.4) is 0 Å². The second-order valence-electron chi connectivity index (χ2n) is 6.34. The Morgan fingerprint density at radius 3 is 3.04 bits per heavy atom. The van der Waals surface area contributed by atoms with E-state index in [9.17, 15) is 4.79 Å². The second-order valence-corrected chi connectivity index (χ2v) is 7.65. The number of carbonyl (C=O) groups is 1. The number of para-hydroxylation sites is 1. The molecule has 1 atom stereocenters. The van der Waals surface area contributed by atoms with E-state index in [1.54, 1.807) is 0 Å². The highest BCUT2D eigenvalue weighted by Crippen LogP contribution is 2.42. The van der Waals surface area contributed by atoms with Gasteiger partial charge in [-0.3, -0.25) is 9.36 Å². The summed E-state index contributed by atoms with van der Waals surface area (Å²) in [6.45, 7) is 2.09. The van der Waals surface area contributed by atoms with E-state index >= 15 is 0 Å². The van der Waals surface area contributed by atoms with Crippen molar-refractivity contribution in [2.75, 3.05) is 6.54 Å². The maximum atomic E-state index is 12.1. The van der Waals surface area contributed by atoms with Gasteiger partial charge in [0.05, 0.1) is 11.8 Å². The highest BCUT2D eigenvalue weighted by Gasteiger charge is 2.32. The van der Waals surface area contributed by atoms with E-state index in [0.29, 0.717) is 6.04 Å². The van der Waals surface area contributed by atoms with Crippen molar-refractivity contribution in [3.8, 4) is 23.7 Å². The summed E-state index contributed by atoms with van der Waals surface area (Å²) in [6.07, 6.45) is 9.40. The van der Waals surface area contributed by atoms with Crippen molar-refractivity contribution in [2.45, 2.75) is 36.2 Å². The summed E-state index contributed by atoms with van der Waals surface area (Å²) in [5.74, 6) is 3.18. The Labute approximate surface area is 155 Å². The lowest BCUT2D eigenvalue weighted by Gasteiger charge is -2.12. The molecule has 3 aromatic rings. The van der Waals surface area contributed by atoms with Crippen LogP contribution in [0, 0.1) is 12.3 Å². The number of rotatable bonds is 6. The van der Waals surface area contributed by atoms with Gasteiger partial charge in [0.1, 0.15) is 0 Å². The molecule has 132 valence electrons. The maximum Gasteiger partial charge on any atom is 0.234 e. The van der Waals surface area contributed by atoms with Crippen LogP contribution >= 0.6 is 11.8 Å². The highest BCUT2D eigenvalue weighted by molar-refractivity contribution is 8.00. The van der Waals surface area contributed by atoms with Crippen LogP contribution in [0.5, 0.6) is 0 Å². The van der Waals surface area contributed by atoms with Crippen molar-refractivity contribution in [3.05, 3.63) is 30.5 Å². The summed E-state index contributed by atoms with van der Waals surface area (Å²) in [5.41, 5.74) is 2.11. The first-order valence-corrected chi connectivity index (χ1v) is 9.46. The van der Waals surface area contributed by atoms with E-state index in [4.69, 9.17) is 6.42 Å². The Balaban J connectivity index is 1.66. The standard InChI is InChI=1S/C19H19N5OS/c1-3-10-20-18(25)12(2)26-19-23-22-17(24(19)13-8-9-13)15-11-21-16-7-5-4-6-14(15)16/h1,4-7,11-13,21H,8-10H2,2H3,(H,20,25). The number of carbonyl (C=O) groups excluding carboxylic acids is 1. The monoisotopic (exact) mass is 365 g/mol. The van der Waals surface area contributed by atoms with Crippen LogP contribution in [0.15, 0.2) is 35.6 Å². The van der Waals surface area contributed by atoms with Crippen LogP contribution in [0.25, 0.3) is 22.3 Å². The third-order valence-corrected chi connectivity index (χ3v) is 5.48. The maximum absolute atomic E-state index is 12.1. The summed E-state index contributed by atoms with van der Waals surface area (Å²) < 4.78 is 2.17. The molecule has 6 nitrogen and oxygen atoms in total. The van der Waals surface area contributed by atoms with Crippen LogP contribution in [0.1, 0.15) is 25.8 Å². The lowest BCUT2D eigenvalue weighted by molar-refractivity contribution is -0.120. The summed E-state index contributed by atoms with van der Waals surface area (Å²) >= 11 is 1.42. The number of aromatic amines is 1. The molecule has 0 spiro atoms. The van der Waals surface area contributed by atoms with E-state index in [2.05, 4.69) is 37.1 Å². The van der Waals surface area contributed by atoms with Gasteiger partial charge in [0.25, 0.3) is 0 Å². The van der Waals surface area contributed by atoms with Gasteiger partial charge in [-0.15, -0.1) is 16.6 Å². The van der Waals surface area contributed by atoms with Crippen LogP contribution in [0.4, 0.5) is 0 Å². The van der Waals surface area contributed by atoms with Gasteiger partial charge >= 0.3 is 0 Å². The van der Waals surface area contributed by atoms with E-state index in [1.165, 1.54) is 11.8 Å². The van der Waals surface area contributed by atoms with E-state index < -0.39 is 0 Å². The zero-order valence-corrected chi connectivity index (χ0v) is 15.2. The van der Waals surface area contributed by atoms with Crippen molar-refractivity contribution in [1.82, 2.24) is 25.1 Å². The van der Waals surface area contributed by atoms with Gasteiger partial charge in [-0.2, -0.15) is 0 Å². The topological polar surface area (TPSA) is 75.6 Å². The normalized spacial score (nSPS) is 14.9. The lowest BCUT2D eigenvalue weighted by Crippen LogP contribution is -2.31. The second kappa shape index (κ2) is 6.89. The van der Waals surface area contributed by atoms with Crippen molar-refractivity contribution >= 4 is 28.6 Å². The molecule has 1 aromatic carbocycles. The molecule has 0 bridgehead atoms. The van der Waals surface area contributed by atoms with Crippen LogP contribution in [-0.4, -0.2) is 37.5 Å². The van der Waals surface area contributed by atoms with Gasteiger partial charge in [-0.1, -0.05) is 35.9 Å². The minimum atomic E-state index is -0.291. The first-order chi connectivity index (χ1) is 12.7. The molecule has 2 N–H and O–H groups in total. The lowest BCUT2D eigenvalue weighted by atomic mass is 10.1.